The number of hydrogen-bond donors (Lipinski definition) is 0. The molecule has 0 bridgehead atoms. The van der Waals surface area contributed by atoms with Crippen molar-refractivity contribution >= 4 is 17.1 Å². The van der Waals surface area contributed by atoms with Crippen LogP contribution in [0.1, 0.15) is 10.4 Å². The van der Waals surface area contributed by atoms with Gasteiger partial charge in [-0.05, 0) is 46.2 Å². The summed E-state index contributed by atoms with van der Waals surface area (Å²) in [7, 11) is 3.28. The lowest BCUT2D eigenvalue weighted by Gasteiger charge is -2.12. The molecule has 3 nitrogen and oxygen atoms in total. The average Bonchev–Trinajstić information content (AvgIpc) is 2.60. The van der Waals surface area contributed by atoms with E-state index < -0.39 is 0 Å². The zero-order chi connectivity index (χ0) is 15.5. The standard InChI is InChI=1S/C19H16O3/c1-21-16-7-5-13(6-8-16)19-15(12-20)4-3-14-11-17(22-2)9-10-18(14)19/h3-12H,1-2H3. The number of aldehydes is 1. The summed E-state index contributed by atoms with van der Waals surface area (Å²) in [5, 5.41) is 2.06. The largest absolute Gasteiger partial charge is 0.497 e. The summed E-state index contributed by atoms with van der Waals surface area (Å²) in [5.41, 5.74) is 2.58. The summed E-state index contributed by atoms with van der Waals surface area (Å²) in [6.45, 7) is 0. The van der Waals surface area contributed by atoms with Crippen LogP contribution in [0.3, 0.4) is 0 Å². The Bertz CT molecular complexity index is 820. The maximum absolute atomic E-state index is 11.4. The molecule has 22 heavy (non-hydrogen) atoms. The van der Waals surface area contributed by atoms with Crippen molar-refractivity contribution in [2.75, 3.05) is 14.2 Å². The van der Waals surface area contributed by atoms with Crippen LogP contribution in [0.15, 0.2) is 54.6 Å². The van der Waals surface area contributed by atoms with Crippen molar-refractivity contribution < 1.29 is 14.3 Å². The molecule has 110 valence electrons. The van der Waals surface area contributed by atoms with Gasteiger partial charge in [0.15, 0.2) is 6.29 Å². The highest BCUT2D eigenvalue weighted by atomic mass is 16.5. The first kappa shape index (κ1) is 14.1. The molecule has 3 aromatic carbocycles. The molecule has 0 saturated heterocycles. The normalized spacial score (nSPS) is 10.5. The molecule has 0 spiro atoms. The van der Waals surface area contributed by atoms with Crippen LogP contribution in [-0.4, -0.2) is 20.5 Å². The second kappa shape index (κ2) is 5.90. The average molecular weight is 292 g/mol. The van der Waals surface area contributed by atoms with Crippen molar-refractivity contribution in [3.05, 3.63) is 60.2 Å². The van der Waals surface area contributed by atoms with Crippen LogP contribution < -0.4 is 9.47 Å². The molecule has 0 unspecified atom stereocenters. The molecule has 0 saturated carbocycles. The molecule has 0 radical (unpaired) electrons. The van der Waals surface area contributed by atoms with E-state index in [0.29, 0.717) is 5.56 Å². The molecule has 0 aliphatic carbocycles. The maximum atomic E-state index is 11.4. The summed E-state index contributed by atoms with van der Waals surface area (Å²) < 4.78 is 10.5. The van der Waals surface area contributed by atoms with Gasteiger partial charge in [0.1, 0.15) is 11.5 Å². The van der Waals surface area contributed by atoms with E-state index in [9.17, 15) is 4.79 Å². The molecule has 0 aliphatic rings. The lowest BCUT2D eigenvalue weighted by Crippen LogP contribution is -1.91. The zero-order valence-electron chi connectivity index (χ0n) is 12.5. The first-order valence-corrected chi connectivity index (χ1v) is 6.97. The Morgan fingerprint density at radius 2 is 1.50 bits per heavy atom. The van der Waals surface area contributed by atoms with E-state index in [1.54, 1.807) is 14.2 Å². The van der Waals surface area contributed by atoms with Crippen LogP contribution >= 0.6 is 0 Å². The highest BCUT2D eigenvalue weighted by Gasteiger charge is 2.10. The molecule has 0 atom stereocenters. The van der Waals surface area contributed by atoms with Crippen LogP contribution in [0.4, 0.5) is 0 Å². The zero-order valence-corrected chi connectivity index (χ0v) is 12.5. The van der Waals surface area contributed by atoms with E-state index in [-0.39, 0.29) is 0 Å². The second-order valence-corrected chi connectivity index (χ2v) is 4.96. The van der Waals surface area contributed by atoms with Crippen LogP contribution in [0, 0.1) is 0 Å². The van der Waals surface area contributed by atoms with E-state index in [1.165, 1.54) is 0 Å². The molecule has 3 heteroatoms. The third-order valence-electron chi connectivity index (χ3n) is 3.76. The van der Waals surface area contributed by atoms with Gasteiger partial charge in [-0.25, -0.2) is 0 Å². The van der Waals surface area contributed by atoms with Crippen molar-refractivity contribution in [3.8, 4) is 22.6 Å². The molecule has 0 N–H and O–H groups in total. The summed E-state index contributed by atoms with van der Waals surface area (Å²) in [5.74, 6) is 1.59. The first-order chi connectivity index (χ1) is 10.8. The Kier molecular flexibility index (Phi) is 3.79. The van der Waals surface area contributed by atoms with Gasteiger partial charge in [0.25, 0.3) is 0 Å². The van der Waals surface area contributed by atoms with Crippen molar-refractivity contribution in [1.82, 2.24) is 0 Å². The quantitative estimate of drug-likeness (QED) is 0.671. The number of carbonyl (C=O) groups is 1. The van der Waals surface area contributed by atoms with Gasteiger partial charge in [0, 0.05) is 5.56 Å². The first-order valence-electron chi connectivity index (χ1n) is 6.97. The van der Waals surface area contributed by atoms with E-state index in [1.807, 2.05) is 54.6 Å². The fraction of sp³-hybridized carbons (Fsp3) is 0.105. The van der Waals surface area contributed by atoms with Gasteiger partial charge in [0.2, 0.25) is 0 Å². The number of ether oxygens (including phenoxy) is 2. The second-order valence-electron chi connectivity index (χ2n) is 4.96. The maximum Gasteiger partial charge on any atom is 0.150 e. The summed E-state index contributed by atoms with van der Waals surface area (Å²) >= 11 is 0. The van der Waals surface area contributed by atoms with Gasteiger partial charge in [0.05, 0.1) is 14.2 Å². The van der Waals surface area contributed by atoms with Crippen LogP contribution in [0.2, 0.25) is 0 Å². The Balaban J connectivity index is 2.26. The van der Waals surface area contributed by atoms with E-state index in [4.69, 9.17) is 9.47 Å². The monoisotopic (exact) mass is 292 g/mol. The topological polar surface area (TPSA) is 35.5 Å². The number of benzene rings is 3. The van der Waals surface area contributed by atoms with Crippen molar-refractivity contribution in [3.63, 3.8) is 0 Å². The Labute approximate surface area is 129 Å². The molecular formula is C19H16O3. The van der Waals surface area contributed by atoms with Gasteiger partial charge in [-0.15, -0.1) is 0 Å². The minimum absolute atomic E-state index is 0.669. The highest BCUT2D eigenvalue weighted by molar-refractivity contribution is 6.04. The minimum atomic E-state index is 0.669. The minimum Gasteiger partial charge on any atom is -0.497 e. The third kappa shape index (κ3) is 2.42. The van der Waals surface area contributed by atoms with E-state index in [2.05, 4.69) is 0 Å². The summed E-state index contributed by atoms with van der Waals surface area (Å²) in [6.07, 6.45) is 0.892. The fourth-order valence-electron chi connectivity index (χ4n) is 2.63. The van der Waals surface area contributed by atoms with Crippen LogP contribution in [-0.2, 0) is 0 Å². The molecule has 0 fully saturated rings. The highest BCUT2D eigenvalue weighted by Crippen LogP contribution is 2.34. The van der Waals surface area contributed by atoms with Crippen molar-refractivity contribution in [2.45, 2.75) is 0 Å². The fourth-order valence-corrected chi connectivity index (χ4v) is 2.63. The SMILES string of the molecule is COc1ccc(-c2c(C=O)ccc3cc(OC)ccc23)cc1. The van der Waals surface area contributed by atoms with Gasteiger partial charge in [-0.3, -0.25) is 4.79 Å². The van der Waals surface area contributed by atoms with Crippen LogP contribution in [0.25, 0.3) is 21.9 Å². The predicted octanol–water partition coefficient (Wildman–Crippen LogP) is 4.34. The molecular weight excluding hydrogens is 276 g/mol. The number of hydrogen-bond acceptors (Lipinski definition) is 3. The van der Waals surface area contributed by atoms with Crippen molar-refractivity contribution in [2.24, 2.45) is 0 Å². The Morgan fingerprint density at radius 3 is 2.14 bits per heavy atom. The van der Waals surface area contributed by atoms with Crippen molar-refractivity contribution in [1.29, 1.82) is 0 Å². The van der Waals surface area contributed by atoms with Gasteiger partial charge in [-0.1, -0.05) is 30.3 Å². The van der Waals surface area contributed by atoms with Gasteiger partial charge in [-0.2, -0.15) is 0 Å². The number of carbonyl (C=O) groups excluding carboxylic acids is 1. The Hall–Kier alpha value is -2.81. The number of fused-ring (bicyclic) bond motifs is 1. The Morgan fingerprint density at radius 1 is 0.818 bits per heavy atom. The summed E-state index contributed by atoms with van der Waals surface area (Å²) in [4.78, 5) is 11.4. The number of rotatable bonds is 4. The molecule has 3 aromatic rings. The molecule has 0 amide bonds. The van der Waals surface area contributed by atoms with Gasteiger partial charge >= 0.3 is 0 Å². The third-order valence-corrected chi connectivity index (χ3v) is 3.76. The molecule has 3 rings (SSSR count). The molecule has 0 aliphatic heterocycles. The summed E-state index contributed by atoms with van der Waals surface area (Å²) in [6, 6.07) is 17.4. The number of methoxy groups -OCH3 is 2. The molecule has 0 aromatic heterocycles. The molecule has 0 heterocycles. The van der Waals surface area contributed by atoms with Crippen LogP contribution in [0.5, 0.6) is 11.5 Å². The lowest BCUT2D eigenvalue weighted by molar-refractivity contribution is 0.112. The van der Waals surface area contributed by atoms with E-state index >= 15 is 0 Å². The van der Waals surface area contributed by atoms with Gasteiger partial charge < -0.3 is 9.47 Å². The lowest BCUT2D eigenvalue weighted by atomic mass is 9.93. The smallest absolute Gasteiger partial charge is 0.150 e. The van der Waals surface area contributed by atoms with E-state index in [0.717, 1.165) is 39.7 Å². The predicted molar refractivity (Wildman–Crippen MR) is 87.9 cm³/mol.